The van der Waals surface area contributed by atoms with Gasteiger partial charge in [-0.05, 0) is 62.4 Å². The van der Waals surface area contributed by atoms with Crippen molar-refractivity contribution in [1.29, 1.82) is 0 Å². The van der Waals surface area contributed by atoms with Crippen LogP contribution in [0.25, 0.3) is 0 Å². The van der Waals surface area contributed by atoms with Gasteiger partial charge >= 0.3 is 12.0 Å². The van der Waals surface area contributed by atoms with Crippen molar-refractivity contribution in [3.63, 3.8) is 0 Å². The molecule has 0 aliphatic rings. The fourth-order valence-electron chi connectivity index (χ4n) is 1.79. The van der Waals surface area contributed by atoms with Crippen LogP contribution in [0.5, 0.6) is 0 Å². The lowest BCUT2D eigenvalue weighted by atomic mass is 9.99. The molecule has 0 saturated heterocycles. The molecule has 3 N–H and O–H groups in total. The summed E-state index contributed by atoms with van der Waals surface area (Å²) < 4.78 is 1.44. The molecule has 2 amide bonds. The van der Waals surface area contributed by atoms with Crippen molar-refractivity contribution in [2.75, 3.05) is 5.32 Å². The lowest BCUT2D eigenvalue weighted by molar-refractivity contribution is -0.140. The van der Waals surface area contributed by atoms with E-state index in [1.807, 2.05) is 26.0 Å². The number of carbonyl (C=O) groups excluding carboxylic acids is 1. The predicted molar refractivity (Wildman–Crippen MR) is 89.6 cm³/mol. The van der Waals surface area contributed by atoms with E-state index in [0.717, 1.165) is 14.5 Å². The fraction of sp³-hybridized carbons (Fsp3) is 0.429. The molecule has 0 heterocycles. The van der Waals surface area contributed by atoms with Gasteiger partial charge in [0.25, 0.3) is 0 Å². The summed E-state index contributed by atoms with van der Waals surface area (Å²) in [5, 5.41) is 14.3. The Hall–Kier alpha value is -1.08. The Morgan fingerprint density at radius 2 is 1.81 bits per heavy atom. The number of benzene rings is 1. The van der Waals surface area contributed by atoms with E-state index in [4.69, 9.17) is 0 Å². The summed E-state index contributed by atoms with van der Waals surface area (Å²) in [7, 11) is 0. The van der Waals surface area contributed by atoms with Gasteiger partial charge in [-0.1, -0.05) is 20.3 Å². The second-order valence-electron chi connectivity index (χ2n) is 4.90. The molecule has 0 aliphatic heterocycles. The predicted octanol–water partition coefficient (Wildman–Crippen LogP) is 4.14. The summed E-state index contributed by atoms with van der Waals surface area (Å²) in [4.78, 5) is 23.2. The van der Waals surface area contributed by atoms with Gasteiger partial charge in [0.05, 0.1) is 5.69 Å². The van der Waals surface area contributed by atoms with E-state index < -0.39 is 18.0 Å². The Morgan fingerprint density at radius 3 is 2.24 bits per heavy atom. The van der Waals surface area contributed by atoms with Crippen LogP contribution in [0.3, 0.4) is 0 Å². The first kappa shape index (κ1) is 18.0. The highest BCUT2D eigenvalue weighted by molar-refractivity contribution is 9.11. The van der Waals surface area contributed by atoms with Crippen molar-refractivity contribution in [3.05, 3.63) is 26.6 Å². The van der Waals surface area contributed by atoms with Crippen molar-refractivity contribution >= 4 is 49.5 Å². The molecular weight excluding hydrogens is 404 g/mol. The number of carboxylic acids is 1. The van der Waals surface area contributed by atoms with E-state index in [1.165, 1.54) is 0 Å². The molecule has 0 aromatic heterocycles. The highest BCUT2D eigenvalue weighted by Crippen LogP contribution is 2.32. The van der Waals surface area contributed by atoms with Gasteiger partial charge in [0, 0.05) is 8.95 Å². The number of aryl methyl sites for hydroxylation is 1. The number of carbonyl (C=O) groups is 2. The normalized spacial score (nSPS) is 13.4. The van der Waals surface area contributed by atoms with Gasteiger partial charge < -0.3 is 15.7 Å². The third-order valence-corrected chi connectivity index (χ3v) is 4.44. The van der Waals surface area contributed by atoms with Crippen LogP contribution < -0.4 is 10.6 Å². The minimum Gasteiger partial charge on any atom is -0.480 e. The van der Waals surface area contributed by atoms with Crippen molar-refractivity contribution in [1.82, 2.24) is 5.32 Å². The van der Waals surface area contributed by atoms with Gasteiger partial charge in [-0.2, -0.15) is 0 Å². The molecule has 0 saturated carbocycles. The molecule has 1 aromatic rings. The van der Waals surface area contributed by atoms with Crippen LogP contribution >= 0.6 is 31.9 Å². The third kappa shape index (κ3) is 5.00. The number of hydrogen-bond donors (Lipinski definition) is 3. The molecular formula is C14H18Br2N2O3. The average Bonchev–Trinajstić information content (AvgIpc) is 2.39. The van der Waals surface area contributed by atoms with Crippen LogP contribution in [0.4, 0.5) is 10.5 Å². The monoisotopic (exact) mass is 420 g/mol. The molecule has 0 aliphatic carbocycles. The first-order chi connectivity index (χ1) is 9.76. The summed E-state index contributed by atoms with van der Waals surface area (Å²) >= 11 is 6.75. The SMILES string of the molecule is CCC(C)[C@H](NC(=O)Nc1c(Br)cc(C)cc1Br)C(=O)O. The maximum Gasteiger partial charge on any atom is 0.326 e. The van der Waals surface area contributed by atoms with Crippen LogP contribution in [-0.2, 0) is 4.79 Å². The second kappa shape index (κ2) is 7.79. The van der Waals surface area contributed by atoms with E-state index >= 15 is 0 Å². The quantitative estimate of drug-likeness (QED) is 0.668. The highest BCUT2D eigenvalue weighted by atomic mass is 79.9. The maximum absolute atomic E-state index is 12.0. The van der Waals surface area contributed by atoms with Crippen molar-refractivity contribution in [2.45, 2.75) is 33.2 Å². The van der Waals surface area contributed by atoms with Crippen molar-refractivity contribution < 1.29 is 14.7 Å². The number of halogens is 2. The van der Waals surface area contributed by atoms with E-state index in [0.29, 0.717) is 12.1 Å². The second-order valence-corrected chi connectivity index (χ2v) is 6.61. The van der Waals surface area contributed by atoms with Crippen LogP contribution in [0, 0.1) is 12.8 Å². The lowest BCUT2D eigenvalue weighted by Gasteiger charge is -2.21. The fourth-order valence-corrected chi connectivity index (χ4v) is 3.41. The van der Waals surface area contributed by atoms with Gasteiger partial charge in [0.1, 0.15) is 6.04 Å². The Labute approximate surface area is 140 Å². The van der Waals surface area contributed by atoms with Gasteiger partial charge in [-0.3, -0.25) is 0 Å². The van der Waals surface area contributed by atoms with Gasteiger partial charge in [0.15, 0.2) is 0 Å². The summed E-state index contributed by atoms with van der Waals surface area (Å²) in [5.41, 5.74) is 1.59. The molecule has 1 aromatic carbocycles. The van der Waals surface area contributed by atoms with Gasteiger partial charge in [-0.15, -0.1) is 0 Å². The number of carboxylic acid groups (broad SMARTS) is 1. The van der Waals surface area contributed by atoms with Crippen molar-refractivity contribution in [2.24, 2.45) is 5.92 Å². The topological polar surface area (TPSA) is 78.4 Å². The van der Waals surface area contributed by atoms with E-state index in [1.54, 1.807) is 6.92 Å². The first-order valence-electron chi connectivity index (χ1n) is 6.52. The summed E-state index contributed by atoms with van der Waals surface area (Å²) in [6.45, 7) is 5.60. The van der Waals surface area contributed by atoms with E-state index in [9.17, 15) is 14.7 Å². The molecule has 1 rings (SSSR count). The number of hydrogen-bond acceptors (Lipinski definition) is 2. The highest BCUT2D eigenvalue weighted by Gasteiger charge is 2.25. The largest absolute Gasteiger partial charge is 0.480 e. The first-order valence-corrected chi connectivity index (χ1v) is 8.10. The molecule has 0 bridgehead atoms. The average molecular weight is 422 g/mol. The molecule has 5 nitrogen and oxygen atoms in total. The Kier molecular flexibility index (Phi) is 6.67. The number of rotatable bonds is 5. The molecule has 7 heteroatoms. The van der Waals surface area contributed by atoms with Crippen LogP contribution in [-0.4, -0.2) is 23.1 Å². The molecule has 21 heavy (non-hydrogen) atoms. The number of urea groups is 1. The van der Waals surface area contributed by atoms with E-state index in [-0.39, 0.29) is 5.92 Å². The number of nitrogens with one attached hydrogen (secondary N) is 2. The van der Waals surface area contributed by atoms with Crippen LogP contribution in [0.1, 0.15) is 25.8 Å². The van der Waals surface area contributed by atoms with Crippen LogP contribution in [0.15, 0.2) is 21.1 Å². The maximum atomic E-state index is 12.0. The Bertz CT molecular complexity index is 526. The summed E-state index contributed by atoms with van der Waals surface area (Å²) in [6, 6.07) is 2.26. The van der Waals surface area contributed by atoms with Gasteiger partial charge in [0.2, 0.25) is 0 Å². The molecule has 0 fully saturated rings. The smallest absolute Gasteiger partial charge is 0.326 e. The zero-order chi connectivity index (χ0) is 16.2. The number of aliphatic carboxylic acids is 1. The molecule has 1 unspecified atom stereocenters. The molecule has 116 valence electrons. The third-order valence-electron chi connectivity index (χ3n) is 3.19. The number of anilines is 1. The zero-order valence-electron chi connectivity index (χ0n) is 12.0. The lowest BCUT2D eigenvalue weighted by Crippen LogP contribution is -2.46. The number of amides is 2. The summed E-state index contributed by atoms with van der Waals surface area (Å²) in [5.74, 6) is -1.19. The van der Waals surface area contributed by atoms with Crippen molar-refractivity contribution in [3.8, 4) is 0 Å². The minimum absolute atomic E-state index is 0.154. The minimum atomic E-state index is -1.04. The Morgan fingerprint density at radius 1 is 1.29 bits per heavy atom. The molecule has 0 radical (unpaired) electrons. The Balaban J connectivity index is 2.84. The zero-order valence-corrected chi connectivity index (χ0v) is 15.2. The standard InChI is InChI=1S/C14H18Br2N2O3/c1-4-8(3)11(13(19)20)17-14(21)18-12-9(15)5-7(2)6-10(12)16/h5-6,8,11H,4H2,1-3H3,(H,19,20)(H2,17,18,21)/t8?,11-/m0/s1. The molecule has 0 spiro atoms. The summed E-state index contributed by atoms with van der Waals surface area (Å²) in [6.07, 6.45) is 0.662. The van der Waals surface area contributed by atoms with Crippen LogP contribution in [0.2, 0.25) is 0 Å². The van der Waals surface area contributed by atoms with Gasteiger partial charge in [-0.25, -0.2) is 9.59 Å². The molecule has 2 atom stereocenters. The van der Waals surface area contributed by atoms with E-state index in [2.05, 4.69) is 42.5 Å².